The molecule has 0 aromatic heterocycles. The van der Waals surface area contributed by atoms with Gasteiger partial charge < -0.3 is 5.73 Å². The van der Waals surface area contributed by atoms with E-state index in [0.717, 1.165) is 0 Å². The number of carbonyl (C=O) groups is 2. The molecule has 2 N–H and O–H groups in total. The van der Waals surface area contributed by atoms with Crippen molar-refractivity contribution in [2.24, 2.45) is 5.73 Å². The van der Waals surface area contributed by atoms with Crippen LogP contribution < -0.4 is 5.73 Å². The quantitative estimate of drug-likeness (QED) is 0.299. The molecule has 2 amide bonds. The number of amides is 2. The van der Waals surface area contributed by atoms with Gasteiger partial charge in [0.05, 0.1) is 0 Å². The van der Waals surface area contributed by atoms with Gasteiger partial charge >= 0.3 is 0 Å². The lowest BCUT2D eigenvalue weighted by Crippen LogP contribution is -2.26. The summed E-state index contributed by atoms with van der Waals surface area (Å²) < 4.78 is 0. The number of rotatable bonds is 2. The lowest BCUT2D eigenvalue weighted by Gasteiger charge is -1.98. The molecule has 0 bridgehead atoms. The van der Waals surface area contributed by atoms with Gasteiger partial charge in [-0.05, 0) is 0 Å². The van der Waals surface area contributed by atoms with Crippen LogP contribution in [-0.4, -0.2) is 16.7 Å². The number of primary amides is 1. The Morgan fingerprint density at radius 1 is 1.36 bits per heavy atom. The molecule has 6 nitrogen and oxygen atoms in total. The Morgan fingerprint density at radius 2 is 1.82 bits per heavy atom. The van der Waals surface area contributed by atoms with E-state index in [1.54, 1.807) is 0 Å². The highest BCUT2D eigenvalue weighted by atomic mass is 16.2. The lowest BCUT2D eigenvalue weighted by atomic mass is 10.4. The summed E-state index contributed by atoms with van der Waals surface area (Å²) in [6.07, 6.45) is 1.92. The van der Waals surface area contributed by atoms with Crippen molar-refractivity contribution < 1.29 is 9.59 Å². The molecule has 11 heavy (non-hydrogen) atoms. The van der Waals surface area contributed by atoms with Crippen LogP contribution >= 0.6 is 0 Å². The van der Waals surface area contributed by atoms with Crippen molar-refractivity contribution in [2.75, 3.05) is 0 Å². The SMILES string of the molecule is N#CN(C#N)C(=O)CC(N)=O. The maximum atomic E-state index is 10.6. The van der Waals surface area contributed by atoms with Gasteiger partial charge in [0.25, 0.3) is 5.91 Å². The van der Waals surface area contributed by atoms with Crippen LogP contribution in [-0.2, 0) is 9.59 Å². The topological polar surface area (TPSA) is 111 Å². The summed E-state index contributed by atoms with van der Waals surface area (Å²) in [4.78, 5) is 20.9. The number of nitrogens with two attached hydrogens (primary N) is 1. The zero-order valence-electron chi connectivity index (χ0n) is 5.44. The highest BCUT2D eigenvalue weighted by Gasteiger charge is 2.13. The molecule has 0 atom stereocenters. The Hall–Kier alpha value is -2.08. The van der Waals surface area contributed by atoms with Gasteiger partial charge in [0.1, 0.15) is 6.42 Å². The first kappa shape index (κ1) is 8.92. The summed E-state index contributed by atoms with van der Waals surface area (Å²) in [5.74, 6) is -1.78. The smallest absolute Gasteiger partial charge is 0.258 e. The van der Waals surface area contributed by atoms with Crippen molar-refractivity contribution in [1.82, 2.24) is 4.90 Å². The predicted octanol–water partition coefficient (Wildman–Crippen LogP) is -1.35. The average Bonchev–Trinajstić information content (AvgIpc) is 1.88. The van der Waals surface area contributed by atoms with Crippen molar-refractivity contribution in [2.45, 2.75) is 6.42 Å². The highest BCUT2D eigenvalue weighted by molar-refractivity contribution is 5.97. The molecule has 0 aromatic rings. The molecule has 0 spiro atoms. The van der Waals surface area contributed by atoms with Gasteiger partial charge in [-0.25, -0.2) is 0 Å². The van der Waals surface area contributed by atoms with Crippen molar-refractivity contribution >= 4 is 11.8 Å². The minimum Gasteiger partial charge on any atom is -0.369 e. The van der Waals surface area contributed by atoms with E-state index in [-0.39, 0.29) is 4.90 Å². The molecule has 0 fully saturated rings. The molecule has 6 heteroatoms. The second-order valence-electron chi connectivity index (χ2n) is 1.57. The molecular formula is C5H4N4O2. The first-order chi connectivity index (χ1) is 5.11. The summed E-state index contributed by atoms with van der Waals surface area (Å²) in [5.41, 5.74) is 4.64. The molecule has 56 valence electrons. The lowest BCUT2D eigenvalue weighted by molar-refractivity contribution is -0.130. The Labute approximate surface area is 62.4 Å². The van der Waals surface area contributed by atoms with Crippen LogP contribution in [0.1, 0.15) is 6.42 Å². The molecule has 0 unspecified atom stereocenters. The Morgan fingerprint density at radius 3 is 2.09 bits per heavy atom. The molecule has 0 aliphatic heterocycles. The van der Waals surface area contributed by atoms with E-state index in [1.165, 1.54) is 12.4 Å². The fraction of sp³-hybridized carbons (Fsp3) is 0.200. The zero-order valence-corrected chi connectivity index (χ0v) is 5.44. The van der Waals surface area contributed by atoms with Crippen molar-refractivity contribution in [3.05, 3.63) is 0 Å². The summed E-state index contributed by atoms with van der Waals surface area (Å²) >= 11 is 0. The van der Waals surface area contributed by atoms with Gasteiger partial charge in [-0.15, -0.1) is 4.90 Å². The van der Waals surface area contributed by atoms with Crippen molar-refractivity contribution in [3.8, 4) is 12.4 Å². The van der Waals surface area contributed by atoms with E-state index in [2.05, 4.69) is 5.73 Å². The van der Waals surface area contributed by atoms with E-state index in [4.69, 9.17) is 10.5 Å². The first-order valence-electron chi connectivity index (χ1n) is 2.52. The maximum Gasteiger partial charge on any atom is 0.258 e. The van der Waals surface area contributed by atoms with Crippen molar-refractivity contribution in [1.29, 1.82) is 10.5 Å². The second kappa shape index (κ2) is 3.85. The maximum absolute atomic E-state index is 10.6. The van der Waals surface area contributed by atoms with Gasteiger partial charge in [0, 0.05) is 0 Å². The van der Waals surface area contributed by atoms with Crippen LogP contribution in [0, 0.1) is 22.9 Å². The Balaban J connectivity index is 4.17. The monoisotopic (exact) mass is 152 g/mol. The molecule has 0 aliphatic carbocycles. The molecule has 0 radical (unpaired) electrons. The minimum absolute atomic E-state index is 0.185. The zero-order chi connectivity index (χ0) is 8.85. The highest BCUT2D eigenvalue weighted by Crippen LogP contribution is 1.88. The van der Waals surface area contributed by atoms with E-state index < -0.39 is 18.2 Å². The van der Waals surface area contributed by atoms with Crippen LogP contribution in [0.2, 0.25) is 0 Å². The van der Waals surface area contributed by atoms with Gasteiger partial charge in [-0.1, -0.05) is 0 Å². The fourth-order valence-electron chi connectivity index (χ4n) is 0.362. The van der Waals surface area contributed by atoms with Crippen LogP contribution in [0.5, 0.6) is 0 Å². The summed E-state index contributed by atoms with van der Waals surface area (Å²) in [7, 11) is 0. The number of carbonyl (C=O) groups excluding carboxylic acids is 2. The average molecular weight is 152 g/mol. The van der Waals surface area contributed by atoms with Gasteiger partial charge in [0.15, 0.2) is 0 Å². The molecule has 0 saturated heterocycles. The summed E-state index contributed by atoms with van der Waals surface area (Å²) in [5, 5.41) is 16.2. The van der Waals surface area contributed by atoms with Crippen LogP contribution in [0.25, 0.3) is 0 Å². The van der Waals surface area contributed by atoms with Gasteiger partial charge in [-0.2, -0.15) is 10.5 Å². The molecule has 0 aliphatic rings. The van der Waals surface area contributed by atoms with Gasteiger partial charge in [0.2, 0.25) is 18.3 Å². The first-order valence-corrected chi connectivity index (χ1v) is 2.52. The fourth-order valence-corrected chi connectivity index (χ4v) is 0.362. The van der Waals surface area contributed by atoms with Crippen molar-refractivity contribution in [3.63, 3.8) is 0 Å². The molecular weight excluding hydrogens is 148 g/mol. The number of hydrogen-bond acceptors (Lipinski definition) is 4. The minimum atomic E-state index is -0.914. The third-order valence-corrected chi connectivity index (χ3v) is 0.775. The van der Waals surface area contributed by atoms with E-state index in [9.17, 15) is 9.59 Å². The summed E-state index contributed by atoms with van der Waals surface area (Å²) in [6.45, 7) is 0. The standard InChI is InChI=1S/C5H4N4O2/c6-2-9(3-7)5(11)1-4(8)10/h1H2,(H2,8,10). The van der Waals surface area contributed by atoms with Crippen LogP contribution in [0.15, 0.2) is 0 Å². The second-order valence-corrected chi connectivity index (χ2v) is 1.57. The molecule has 0 heterocycles. The Bertz CT molecular complexity index is 245. The third kappa shape index (κ3) is 2.82. The molecule has 0 saturated carbocycles. The predicted molar refractivity (Wildman–Crippen MR) is 31.9 cm³/mol. The van der Waals surface area contributed by atoms with Crippen LogP contribution in [0.3, 0.4) is 0 Å². The van der Waals surface area contributed by atoms with Gasteiger partial charge in [-0.3, -0.25) is 9.59 Å². The number of nitriles is 2. The normalized spacial score (nSPS) is 7.45. The molecule has 0 rings (SSSR count). The van der Waals surface area contributed by atoms with E-state index in [1.807, 2.05) is 0 Å². The number of hydrogen-bond donors (Lipinski definition) is 1. The van der Waals surface area contributed by atoms with E-state index >= 15 is 0 Å². The molecule has 0 aromatic carbocycles. The van der Waals surface area contributed by atoms with E-state index in [0.29, 0.717) is 0 Å². The van der Waals surface area contributed by atoms with Crippen LogP contribution in [0.4, 0.5) is 0 Å². The largest absolute Gasteiger partial charge is 0.369 e. The Kier molecular flexibility index (Phi) is 3.13. The summed E-state index contributed by atoms with van der Waals surface area (Å²) in [6, 6.07) is 0. The third-order valence-electron chi connectivity index (χ3n) is 0.775. The number of nitrogens with zero attached hydrogens (tertiary/aromatic N) is 3.